The summed E-state index contributed by atoms with van der Waals surface area (Å²) in [5.74, 6) is 0. The number of fused-ring (bicyclic) bond motifs is 8. The van der Waals surface area contributed by atoms with Crippen LogP contribution in [0.2, 0.25) is 26.2 Å². The summed E-state index contributed by atoms with van der Waals surface area (Å²) in [5.41, 5.74) is 12.5. The van der Waals surface area contributed by atoms with Crippen LogP contribution >= 0.6 is 0 Å². The first-order valence-corrected chi connectivity index (χ1v) is 29.3. The van der Waals surface area contributed by atoms with E-state index >= 15 is 0 Å². The van der Waals surface area contributed by atoms with Crippen molar-refractivity contribution in [2.75, 3.05) is 9.80 Å². The van der Waals surface area contributed by atoms with Crippen LogP contribution in [0, 0.1) is 0 Å². The topological polar surface area (TPSA) is 6.48 Å². The third-order valence-corrected chi connectivity index (χ3v) is 22.1. The molecule has 2 heterocycles. The molecule has 2 aliphatic rings. The van der Waals surface area contributed by atoms with Gasteiger partial charge in [0.2, 0.25) is 0 Å². The molecule has 0 aromatic heterocycles. The third-order valence-electron chi connectivity index (χ3n) is 15.0. The minimum atomic E-state index is -1.99. The monoisotopic (exact) mass is 876 g/mol. The van der Waals surface area contributed by atoms with E-state index in [1.807, 2.05) is 0 Å². The highest BCUT2D eigenvalue weighted by Crippen LogP contribution is 2.51. The summed E-state index contributed by atoms with van der Waals surface area (Å²) in [6.07, 6.45) is 0. The Kier molecular flexibility index (Phi) is 8.55. The third kappa shape index (κ3) is 5.59. The summed E-state index contributed by atoms with van der Waals surface area (Å²) in [6.45, 7) is 10.0. The van der Waals surface area contributed by atoms with Gasteiger partial charge in [0.05, 0.1) is 0 Å². The lowest BCUT2D eigenvalue weighted by Crippen LogP contribution is -2.58. The van der Waals surface area contributed by atoms with Crippen LogP contribution in [-0.2, 0) is 0 Å². The van der Waals surface area contributed by atoms with Gasteiger partial charge in [-0.1, -0.05) is 196 Å². The van der Waals surface area contributed by atoms with Crippen LogP contribution < -0.4 is 30.5 Å². The highest BCUT2D eigenvalue weighted by molar-refractivity contribution is 7.03. The van der Waals surface area contributed by atoms with Crippen molar-refractivity contribution in [3.05, 3.63) is 218 Å². The van der Waals surface area contributed by atoms with Crippen LogP contribution in [0.1, 0.15) is 0 Å². The predicted octanol–water partition coefficient (Wildman–Crippen LogP) is 14.8. The molecule has 0 aliphatic carbocycles. The summed E-state index contributed by atoms with van der Waals surface area (Å²) in [4.78, 5) is 5.08. The fourth-order valence-electron chi connectivity index (χ4n) is 11.8. The second-order valence-corrected chi connectivity index (χ2v) is 27.9. The van der Waals surface area contributed by atoms with Gasteiger partial charge in [-0.25, -0.2) is 0 Å². The van der Waals surface area contributed by atoms with E-state index in [0.29, 0.717) is 0 Å². The van der Waals surface area contributed by atoms with Gasteiger partial charge in [0.1, 0.15) is 16.1 Å². The van der Waals surface area contributed by atoms with Crippen LogP contribution in [0.3, 0.4) is 0 Å². The predicted molar refractivity (Wildman–Crippen MR) is 290 cm³/mol. The van der Waals surface area contributed by atoms with Crippen molar-refractivity contribution in [2.45, 2.75) is 26.2 Å². The van der Waals surface area contributed by atoms with E-state index in [0.717, 1.165) is 0 Å². The molecule has 0 atom stereocenters. The van der Waals surface area contributed by atoms with Gasteiger partial charge in [0.25, 0.3) is 0 Å². The molecule has 4 heteroatoms. The molecule has 13 rings (SSSR count). The molecule has 0 fully saturated rings. The number of para-hydroxylation sites is 4. The molecule has 11 aromatic carbocycles. The first-order chi connectivity index (χ1) is 32.3. The Labute approximate surface area is 388 Å². The van der Waals surface area contributed by atoms with E-state index < -0.39 is 16.1 Å². The molecule has 0 N–H and O–H groups in total. The largest absolute Gasteiger partial charge is 0.311 e. The molecule has 0 unspecified atom stereocenters. The van der Waals surface area contributed by atoms with Gasteiger partial charge in [0, 0.05) is 34.1 Å². The van der Waals surface area contributed by atoms with Gasteiger partial charge >= 0.3 is 0 Å². The molecule has 66 heavy (non-hydrogen) atoms. The molecule has 0 saturated heterocycles. The zero-order valence-corrected chi connectivity index (χ0v) is 39.7. The zero-order chi connectivity index (χ0) is 44.3. The van der Waals surface area contributed by atoms with E-state index in [-0.39, 0.29) is 0 Å². The van der Waals surface area contributed by atoms with Gasteiger partial charge in [-0.15, -0.1) is 0 Å². The number of hydrogen-bond acceptors (Lipinski definition) is 2. The van der Waals surface area contributed by atoms with Crippen LogP contribution in [0.15, 0.2) is 218 Å². The smallest absolute Gasteiger partial charge is 0.117 e. The maximum Gasteiger partial charge on any atom is 0.117 e. The Balaban J connectivity index is 1.18. The van der Waals surface area contributed by atoms with Crippen molar-refractivity contribution in [1.29, 1.82) is 0 Å². The van der Waals surface area contributed by atoms with Crippen molar-refractivity contribution in [3.63, 3.8) is 0 Å². The molecule has 314 valence electrons. The van der Waals surface area contributed by atoms with Crippen LogP contribution in [0.4, 0.5) is 34.1 Å². The molecular weight excluding hydrogens is 829 g/mol. The summed E-state index contributed by atoms with van der Waals surface area (Å²) >= 11 is 0. The molecule has 0 radical (unpaired) electrons. The minimum Gasteiger partial charge on any atom is -0.311 e. The lowest BCUT2D eigenvalue weighted by atomic mass is 9.83. The second kappa shape index (κ2) is 14.5. The summed E-state index contributed by atoms with van der Waals surface area (Å²) in [7, 11) is -3.97. The second-order valence-electron chi connectivity index (χ2n) is 19.3. The molecule has 2 nitrogen and oxygen atoms in total. The first kappa shape index (κ1) is 38.9. The molecule has 0 amide bonds. The molecule has 11 aromatic rings. The van der Waals surface area contributed by atoms with Gasteiger partial charge in [-0.05, 0) is 135 Å². The summed E-state index contributed by atoms with van der Waals surface area (Å²) < 4.78 is 0. The maximum atomic E-state index is 2.54. The average Bonchev–Trinajstić information content (AvgIpc) is 3.36. The minimum absolute atomic E-state index is 1.17. The van der Waals surface area contributed by atoms with Crippen LogP contribution in [-0.4, -0.2) is 16.1 Å². The molecular formula is C62H48N2Si2. The van der Waals surface area contributed by atoms with E-state index in [9.17, 15) is 0 Å². The van der Waals surface area contributed by atoms with Crippen LogP contribution in [0.25, 0.3) is 65.3 Å². The van der Waals surface area contributed by atoms with Gasteiger partial charge in [0.15, 0.2) is 0 Å². The highest BCUT2D eigenvalue weighted by Gasteiger charge is 2.40. The lowest BCUT2D eigenvalue weighted by Gasteiger charge is -2.41. The van der Waals surface area contributed by atoms with Crippen LogP contribution in [0.5, 0.6) is 0 Å². The SMILES string of the molecule is C[Si]1(C)c2ccccc2N(c2ccc3c(-c4cccc5ccccc45)c4cc(N5c6ccccc6[Si](C)(C)c6ccccc65)ccc4c(-c4cccc5ccccc45)c3c2)c2ccccc21. The van der Waals surface area contributed by atoms with Crippen molar-refractivity contribution in [2.24, 2.45) is 0 Å². The highest BCUT2D eigenvalue weighted by atomic mass is 28.3. The van der Waals surface area contributed by atoms with E-state index in [2.05, 4.69) is 254 Å². The van der Waals surface area contributed by atoms with Gasteiger partial charge in [-0.2, -0.15) is 0 Å². The quantitative estimate of drug-likeness (QED) is 0.128. The Morgan fingerprint density at radius 1 is 0.273 bits per heavy atom. The number of anilines is 6. The van der Waals surface area contributed by atoms with E-state index in [1.165, 1.54) is 120 Å². The van der Waals surface area contributed by atoms with Crippen molar-refractivity contribution in [3.8, 4) is 22.3 Å². The lowest BCUT2D eigenvalue weighted by molar-refractivity contribution is 1.29. The summed E-state index contributed by atoms with van der Waals surface area (Å²) in [6, 6.07) is 82.7. The number of hydrogen-bond donors (Lipinski definition) is 0. The maximum absolute atomic E-state index is 2.54. The number of rotatable bonds is 4. The van der Waals surface area contributed by atoms with E-state index in [4.69, 9.17) is 0 Å². The molecule has 0 spiro atoms. The number of benzene rings is 11. The summed E-state index contributed by atoms with van der Waals surface area (Å²) in [5, 5.41) is 15.8. The van der Waals surface area contributed by atoms with Crippen molar-refractivity contribution in [1.82, 2.24) is 0 Å². The van der Waals surface area contributed by atoms with Gasteiger partial charge in [-0.3, -0.25) is 0 Å². The van der Waals surface area contributed by atoms with Crippen molar-refractivity contribution < 1.29 is 0 Å². The Morgan fingerprint density at radius 3 is 0.970 bits per heavy atom. The standard InChI is InChI=1S/C62H48N2Si2/c1-65(2)57-31-13-9-27-53(57)63(54-28-10-14-32-58(54)65)43-35-37-49-51(39-43)61(47-25-17-21-41-19-5-7-23-45(41)47)50-38-36-44(40-52(50)62(49)48-26-18-22-42-20-6-8-24-46(42)48)64-55-29-11-15-33-59(55)66(3,4)60-34-16-12-30-56(60)64/h5-40H,1-4H3. The Hall–Kier alpha value is -7.51. The number of nitrogens with zero attached hydrogens (tertiary/aromatic N) is 2. The Bertz CT molecular complexity index is 3450. The zero-order valence-electron chi connectivity index (χ0n) is 37.7. The molecule has 2 aliphatic heterocycles. The molecule has 0 saturated carbocycles. The normalized spacial score (nSPS) is 14.5. The fraction of sp³-hybridized carbons (Fsp3) is 0.0645. The van der Waals surface area contributed by atoms with Crippen molar-refractivity contribution >= 4 is 114 Å². The molecule has 0 bridgehead atoms. The van der Waals surface area contributed by atoms with Gasteiger partial charge < -0.3 is 9.80 Å². The van der Waals surface area contributed by atoms with E-state index in [1.54, 1.807) is 0 Å². The fourth-order valence-corrected chi connectivity index (χ4v) is 17.8. The Morgan fingerprint density at radius 2 is 0.591 bits per heavy atom. The first-order valence-electron chi connectivity index (χ1n) is 23.3. The average molecular weight is 877 g/mol.